The minimum Gasteiger partial charge on any atom is -0.364 e. The van der Waals surface area contributed by atoms with Crippen molar-refractivity contribution >= 4 is 17.8 Å². The van der Waals surface area contributed by atoms with Crippen LogP contribution in [-0.2, 0) is 0 Å². The van der Waals surface area contributed by atoms with E-state index < -0.39 is 18.1 Å². The van der Waals surface area contributed by atoms with Crippen LogP contribution in [0.3, 0.4) is 0 Å². The summed E-state index contributed by atoms with van der Waals surface area (Å²) in [5.41, 5.74) is 6.90. The molecule has 0 fully saturated rings. The Balaban J connectivity index is 1.69. The first-order valence-electron chi connectivity index (χ1n) is 8.21. The van der Waals surface area contributed by atoms with E-state index in [1.807, 2.05) is 6.07 Å². The van der Waals surface area contributed by atoms with Gasteiger partial charge in [0, 0.05) is 29.7 Å². The zero-order valence-electron chi connectivity index (χ0n) is 14.8. The summed E-state index contributed by atoms with van der Waals surface area (Å²) in [6, 6.07) is 8.10. The van der Waals surface area contributed by atoms with Gasteiger partial charge in [0.25, 0.3) is 5.91 Å². The third-order valence-electron chi connectivity index (χ3n) is 3.74. The van der Waals surface area contributed by atoms with Crippen LogP contribution < -0.4 is 16.4 Å². The lowest BCUT2D eigenvalue weighted by atomic mass is 10.1. The smallest absolute Gasteiger partial charge is 0.343 e. The van der Waals surface area contributed by atoms with E-state index in [9.17, 15) is 9.59 Å². The number of primary amides is 1. The van der Waals surface area contributed by atoms with Gasteiger partial charge in [-0.15, -0.1) is 0 Å². The maximum Gasteiger partial charge on any atom is 0.343 e. The molecule has 1 unspecified atom stereocenters. The predicted molar refractivity (Wildman–Crippen MR) is 99.9 cm³/mol. The number of amides is 2. The molecule has 3 aromatic heterocycles. The van der Waals surface area contributed by atoms with Gasteiger partial charge < -0.3 is 16.4 Å². The summed E-state index contributed by atoms with van der Waals surface area (Å²) in [4.78, 5) is 32.0. The Hall–Kier alpha value is -4.26. The van der Waals surface area contributed by atoms with Gasteiger partial charge in [0.1, 0.15) is 17.6 Å². The second kappa shape index (κ2) is 7.96. The van der Waals surface area contributed by atoms with Gasteiger partial charge in [0.05, 0.1) is 17.9 Å². The lowest BCUT2D eigenvalue weighted by Crippen LogP contribution is -2.40. The molecule has 0 aliphatic carbocycles. The molecule has 2 amide bonds. The number of aromatic nitrogens is 4. The molecule has 0 bridgehead atoms. The average molecular weight is 376 g/mol. The largest absolute Gasteiger partial charge is 0.364 e. The summed E-state index contributed by atoms with van der Waals surface area (Å²) < 4.78 is 1.11. The molecule has 0 saturated carbocycles. The number of carbonyl (C=O) groups is 2. The first-order valence-corrected chi connectivity index (χ1v) is 8.21. The molecule has 3 aromatic rings. The molecule has 0 aliphatic heterocycles. The lowest BCUT2D eigenvalue weighted by molar-refractivity contribution is 0.0996. The van der Waals surface area contributed by atoms with Gasteiger partial charge in [-0.25, -0.2) is 9.78 Å². The fourth-order valence-corrected chi connectivity index (χ4v) is 2.46. The molecular weight excluding hydrogens is 360 g/mol. The molecule has 140 valence electrons. The van der Waals surface area contributed by atoms with Crippen LogP contribution in [0, 0.1) is 11.3 Å². The van der Waals surface area contributed by atoms with Crippen LogP contribution in [0.15, 0.2) is 49.1 Å². The number of carbonyl (C=O) groups excluding carboxylic acids is 2. The Morgan fingerprint density at radius 1 is 1.25 bits per heavy atom. The van der Waals surface area contributed by atoms with E-state index in [4.69, 9.17) is 11.0 Å². The van der Waals surface area contributed by atoms with Gasteiger partial charge in [0.15, 0.2) is 0 Å². The molecule has 0 spiro atoms. The van der Waals surface area contributed by atoms with Gasteiger partial charge in [-0.3, -0.25) is 9.78 Å². The molecule has 28 heavy (non-hydrogen) atoms. The second-order valence-corrected chi connectivity index (χ2v) is 5.80. The average Bonchev–Trinajstić information content (AvgIpc) is 3.18. The van der Waals surface area contributed by atoms with Crippen LogP contribution in [0.1, 0.15) is 23.0 Å². The third kappa shape index (κ3) is 4.10. The van der Waals surface area contributed by atoms with E-state index in [2.05, 4.69) is 25.7 Å². The molecule has 0 radical (unpaired) electrons. The highest BCUT2D eigenvalue weighted by Gasteiger charge is 2.15. The zero-order chi connectivity index (χ0) is 20.1. The van der Waals surface area contributed by atoms with E-state index in [1.54, 1.807) is 31.2 Å². The minimum atomic E-state index is -0.666. The second-order valence-electron chi connectivity index (χ2n) is 5.80. The Morgan fingerprint density at radius 3 is 2.75 bits per heavy atom. The van der Waals surface area contributed by atoms with E-state index in [1.165, 1.54) is 24.8 Å². The fourth-order valence-electron chi connectivity index (χ4n) is 2.46. The van der Waals surface area contributed by atoms with Gasteiger partial charge in [-0.1, -0.05) is 6.07 Å². The van der Waals surface area contributed by atoms with Gasteiger partial charge in [-0.2, -0.15) is 15.0 Å². The molecule has 0 aromatic carbocycles. The van der Waals surface area contributed by atoms with Crippen molar-refractivity contribution < 1.29 is 9.59 Å². The normalized spacial score (nSPS) is 11.3. The molecule has 3 heterocycles. The highest BCUT2D eigenvalue weighted by atomic mass is 16.2. The molecule has 3 rings (SSSR count). The van der Waals surface area contributed by atoms with Crippen LogP contribution in [0.4, 0.5) is 10.6 Å². The quantitative estimate of drug-likeness (QED) is 0.568. The summed E-state index contributed by atoms with van der Waals surface area (Å²) in [7, 11) is 0. The number of nitrogens with zero attached hydrogens (tertiary/aromatic N) is 5. The minimum absolute atomic E-state index is 0.101. The van der Waals surface area contributed by atoms with Crippen molar-refractivity contribution in [2.24, 2.45) is 5.73 Å². The third-order valence-corrected chi connectivity index (χ3v) is 3.74. The Bertz CT molecular complexity index is 1050. The van der Waals surface area contributed by atoms with Crippen molar-refractivity contribution in [2.45, 2.75) is 13.1 Å². The Kier molecular flexibility index (Phi) is 5.27. The zero-order valence-corrected chi connectivity index (χ0v) is 14.8. The molecule has 4 N–H and O–H groups in total. The summed E-state index contributed by atoms with van der Waals surface area (Å²) in [5, 5.41) is 18.5. The number of nitrogens with two attached hydrogens (primary N) is 1. The monoisotopic (exact) mass is 376 g/mol. The van der Waals surface area contributed by atoms with Crippen molar-refractivity contribution in [3.63, 3.8) is 0 Å². The van der Waals surface area contributed by atoms with Crippen LogP contribution in [0.25, 0.3) is 11.1 Å². The summed E-state index contributed by atoms with van der Waals surface area (Å²) in [6.07, 6.45) is 5.36. The molecule has 0 aliphatic rings. The molecule has 1 atom stereocenters. The standard InChI is InChI=1S/C18H16N8O2/c1-11(24-15-5-4-12(7-19)8-22-15)25-18(28)26-10-13(9-23-26)14-3-2-6-21-16(14)17(20)27/h2-6,8-11H,1H3,(H2,20,27)(H,22,24)(H,25,28). The summed E-state index contributed by atoms with van der Waals surface area (Å²) in [5.74, 6) is -0.157. The first-order chi connectivity index (χ1) is 13.5. The van der Waals surface area contributed by atoms with E-state index in [-0.39, 0.29) is 5.69 Å². The molecule has 0 saturated heterocycles. The van der Waals surface area contributed by atoms with Gasteiger partial charge in [-0.05, 0) is 25.1 Å². The van der Waals surface area contributed by atoms with Gasteiger partial charge in [0.2, 0.25) is 0 Å². The summed E-state index contributed by atoms with van der Waals surface area (Å²) >= 11 is 0. The SMILES string of the molecule is CC(NC(=O)n1cc(-c2cccnc2C(N)=O)cn1)Nc1ccc(C#N)cn1. The number of hydrogen-bond donors (Lipinski definition) is 3. The number of nitrogens with one attached hydrogen (secondary N) is 2. The van der Waals surface area contributed by atoms with Crippen molar-refractivity contribution in [1.82, 2.24) is 25.1 Å². The topological polar surface area (TPSA) is 152 Å². The van der Waals surface area contributed by atoms with E-state index in [0.29, 0.717) is 22.5 Å². The number of pyridine rings is 2. The lowest BCUT2D eigenvalue weighted by Gasteiger charge is -2.15. The van der Waals surface area contributed by atoms with Crippen molar-refractivity contribution in [2.75, 3.05) is 5.32 Å². The summed E-state index contributed by atoms with van der Waals surface area (Å²) in [6.45, 7) is 1.73. The first kappa shape index (κ1) is 18.5. The van der Waals surface area contributed by atoms with Gasteiger partial charge >= 0.3 is 6.03 Å². The van der Waals surface area contributed by atoms with Crippen LogP contribution in [0.5, 0.6) is 0 Å². The number of nitriles is 1. The molecule has 10 heteroatoms. The highest BCUT2D eigenvalue weighted by molar-refractivity contribution is 5.97. The Labute approximate surface area is 160 Å². The highest BCUT2D eigenvalue weighted by Crippen LogP contribution is 2.21. The van der Waals surface area contributed by atoms with Crippen LogP contribution >= 0.6 is 0 Å². The van der Waals surface area contributed by atoms with Crippen molar-refractivity contribution in [1.29, 1.82) is 5.26 Å². The fraction of sp³-hybridized carbons (Fsp3) is 0.111. The van der Waals surface area contributed by atoms with E-state index >= 15 is 0 Å². The number of hydrogen-bond acceptors (Lipinski definition) is 7. The van der Waals surface area contributed by atoms with Crippen molar-refractivity contribution in [3.8, 4) is 17.2 Å². The van der Waals surface area contributed by atoms with Crippen LogP contribution in [-0.4, -0.2) is 37.9 Å². The van der Waals surface area contributed by atoms with Crippen LogP contribution in [0.2, 0.25) is 0 Å². The number of anilines is 1. The van der Waals surface area contributed by atoms with E-state index in [0.717, 1.165) is 4.68 Å². The predicted octanol–water partition coefficient (Wildman–Crippen LogP) is 1.33. The maximum atomic E-state index is 12.4. The van der Waals surface area contributed by atoms with Crippen molar-refractivity contribution in [3.05, 3.63) is 60.3 Å². The molecule has 10 nitrogen and oxygen atoms in total. The maximum absolute atomic E-state index is 12.4. The molecular formula is C18H16N8O2. The Morgan fingerprint density at radius 2 is 2.07 bits per heavy atom. The number of rotatable bonds is 5.